The number of imidazole rings is 2. The minimum atomic E-state index is -0.0996. The first-order valence-corrected chi connectivity index (χ1v) is 18.4. The van der Waals surface area contributed by atoms with Gasteiger partial charge >= 0.3 is 6.98 Å². The molecule has 7 aromatic rings. The number of ether oxygens (including phenoxy) is 1. The van der Waals surface area contributed by atoms with E-state index in [1.165, 1.54) is 49.7 Å². The molecule has 51 heavy (non-hydrogen) atoms. The molecular formula is C44H46BN5O. The monoisotopic (exact) mass is 671 g/mol. The van der Waals surface area contributed by atoms with Gasteiger partial charge in [-0.2, -0.15) is 0 Å². The molecule has 2 aliphatic heterocycles. The zero-order valence-corrected chi connectivity index (χ0v) is 31.5. The Kier molecular flexibility index (Phi) is 6.72. The topological polar surface area (TPSA) is 47.6 Å². The summed E-state index contributed by atoms with van der Waals surface area (Å²) in [5.74, 6) is 3.32. The fraction of sp³-hybridized carbons (Fsp3) is 0.318. The van der Waals surface area contributed by atoms with Gasteiger partial charge in [-0.3, -0.25) is 4.40 Å². The molecule has 7 heteroatoms. The summed E-state index contributed by atoms with van der Waals surface area (Å²) in [6.07, 6.45) is 6.14. The number of aromatic nitrogens is 4. The van der Waals surface area contributed by atoms with E-state index < -0.39 is 0 Å². The van der Waals surface area contributed by atoms with Crippen LogP contribution >= 0.6 is 0 Å². The molecular weight excluding hydrogens is 625 g/mol. The zero-order valence-electron chi connectivity index (χ0n) is 31.5. The minimum absolute atomic E-state index is 0.00120. The first-order chi connectivity index (χ1) is 24.3. The summed E-state index contributed by atoms with van der Waals surface area (Å²) in [6, 6.07) is 24.3. The van der Waals surface area contributed by atoms with Crippen LogP contribution < -0.4 is 15.0 Å². The average Bonchev–Trinajstić information content (AvgIpc) is 3.77. The molecule has 4 aromatic carbocycles. The molecule has 5 heterocycles. The quantitative estimate of drug-likeness (QED) is 0.135. The maximum Gasteiger partial charge on any atom is 0.417 e. The molecule has 9 rings (SSSR count). The molecule has 0 amide bonds. The van der Waals surface area contributed by atoms with Crippen LogP contribution in [0, 0.1) is 6.92 Å². The summed E-state index contributed by atoms with van der Waals surface area (Å²) >= 11 is 0. The SMILES string of the molecule is Cc1ccc2c3c1c1ccc(Oc4ccc5c(c4)-c4nccn4B(c4c(C(C)C)cccc4C(C)C)N5C)cc1c1ncc(n13)C(C)(C)C2(C)C. The third-order valence-corrected chi connectivity index (χ3v) is 12.5. The van der Waals surface area contributed by atoms with E-state index in [0.717, 1.165) is 39.6 Å². The molecule has 0 spiro atoms. The Hall–Kier alpha value is -5.04. The van der Waals surface area contributed by atoms with Gasteiger partial charge in [0.15, 0.2) is 0 Å². The van der Waals surface area contributed by atoms with Gasteiger partial charge < -0.3 is 14.0 Å². The second-order valence-corrected chi connectivity index (χ2v) is 16.5. The van der Waals surface area contributed by atoms with Gasteiger partial charge in [-0.25, -0.2) is 9.97 Å². The minimum Gasteiger partial charge on any atom is -0.457 e. The third kappa shape index (κ3) is 4.24. The van der Waals surface area contributed by atoms with Crippen molar-refractivity contribution in [1.29, 1.82) is 0 Å². The smallest absolute Gasteiger partial charge is 0.417 e. The predicted octanol–water partition coefficient (Wildman–Crippen LogP) is 10.1. The summed E-state index contributed by atoms with van der Waals surface area (Å²) in [4.78, 5) is 12.4. The van der Waals surface area contributed by atoms with Crippen molar-refractivity contribution in [3.05, 3.63) is 113 Å². The summed E-state index contributed by atoms with van der Waals surface area (Å²) in [5, 5.41) is 3.60. The van der Waals surface area contributed by atoms with Crippen molar-refractivity contribution in [3.63, 3.8) is 0 Å². The predicted molar refractivity (Wildman–Crippen MR) is 213 cm³/mol. The van der Waals surface area contributed by atoms with Crippen molar-refractivity contribution < 1.29 is 4.74 Å². The molecule has 2 aliphatic rings. The fourth-order valence-corrected chi connectivity index (χ4v) is 9.10. The third-order valence-electron chi connectivity index (χ3n) is 12.5. The van der Waals surface area contributed by atoms with Crippen molar-refractivity contribution in [3.8, 4) is 22.9 Å². The second-order valence-electron chi connectivity index (χ2n) is 16.5. The number of hydrogen-bond donors (Lipinski definition) is 0. The number of nitrogens with zero attached hydrogens (tertiary/aromatic N) is 5. The maximum atomic E-state index is 6.71. The van der Waals surface area contributed by atoms with Crippen molar-refractivity contribution in [2.24, 2.45) is 0 Å². The van der Waals surface area contributed by atoms with Crippen LogP contribution in [0.25, 0.3) is 38.7 Å². The van der Waals surface area contributed by atoms with Crippen LogP contribution in [0.3, 0.4) is 0 Å². The molecule has 3 aromatic heterocycles. The summed E-state index contributed by atoms with van der Waals surface area (Å²) < 4.78 is 11.5. The van der Waals surface area contributed by atoms with Gasteiger partial charge in [0.2, 0.25) is 0 Å². The Balaban J connectivity index is 1.15. The number of anilines is 1. The standard InChI is InChI=1S/C44H46BN5O/c1-25(2)30-12-11-13-31(26(3)4)39(30)45-48(10)36-19-16-29(23-34(36)41-46-20-21-49(41)45)51-28-15-17-32-33(22-28)42-47-24-37-44(8,9)43(6,7)35-18-14-27(5)38(32)40(35)50(37)42/h11-26H,1-10H3. The van der Waals surface area contributed by atoms with Crippen LogP contribution in [-0.4, -0.2) is 32.9 Å². The first kappa shape index (κ1) is 31.9. The Bertz CT molecular complexity index is 2540. The number of pyridine rings is 1. The van der Waals surface area contributed by atoms with Gasteiger partial charge in [0, 0.05) is 57.1 Å². The van der Waals surface area contributed by atoms with Gasteiger partial charge in [0.05, 0.1) is 5.52 Å². The van der Waals surface area contributed by atoms with E-state index in [1.807, 2.05) is 6.20 Å². The van der Waals surface area contributed by atoms with Crippen molar-refractivity contribution in [2.75, 3.05) is 11.9 Å². The highest BCUT2D eigenvalue weighted by Crippen LogP contribution is 2.52. The van der Waals surface area contributed by atoms with Crippen molar-refractivity contribution in [1.82, 2.24) is 18.8 Å². The lowest BCUT2D eigenvalue weighted by Crippen LogP contribution is -2.56. The molecule has 256 valence electrons. The highest BCUT2D eigenvalue weighted by molar-refractivity contribution is 6.77. The summed E-state index contributed by atoms with van der Waals surface area (Å²) in [7, 11) is 2.20. The van der Waals surface area contributed by atoms with Crippen LogP contribution in [0.2, 0.25) is 0 Å². The van der Waals surface area contributed by atoms with Gasteiger partial charge in [-0.15, -0.1) is 0 Å². The van der Waals surface area contributed by atoms with Gasteiger partial charge in [-0.1, -0.05) is 85.7 Å². The number of benzene rings is 4. The zero-order chi connectivity index (χ0) is 35.7. The first-order valence-electron chi connectivity index (χ1n) is 18.4. The Morgan fingerprint density at radius 2 is 1.49 bits per heavy atom. The van der Waals surface area contributed by atoms with Crippen LogP contribution in [0.1, 0.15) is 95.2 Å². The lowest BCUT2D eigenvalue weighted by Gasteiger charge is -2.46. The van der Waals surface area contributed by atoms with E-state index in [1.54, 1.807) is 0 Å². The van der Waals surface area contributed by atoms with Gasteiger partial charge in [-0.05, 0) is 95.3 Å². The molecule has 0 atom stereocenters. The van der Waals surface area contributed by atoms with E-state index in [-0.39, 0.29) is 17.8 Å². The lowest BCUT2D eigenvalue weighted by molar-refractivity contribution is 0.288. The molecule has 0 bridgehead atoms. The fourth-order valence-electron chi connectivity index (χ4n) is 9.10. The van der Waals surface area contributed by atoms with Crippen molar-refractivity contribution in [2.45, 2.75) is 85.0 Å². The largest absolute Gasteiger partial charge is 0.457 e. The highest BCUT2D eigenvalue weighted by atomic mass is 16.5. The molecule has 0 saturated carbocycles. The van der Waals surface area contributed by atoms with E-state index in [2.05, 4.69) is 162 Å². The Morgan fingerprint density at radius 1 is 0.784 bits per heavy atom. The number of fused-ring (bicyclic) bond motifs is 6. The molecule has 0 N–H and O–H groups in total. The van der Waals surface area contributed by atoms with E-state index in [9.17, 15) is 0 Å². The van der Waals surface area contributed by atoms with Crippen LogP contribution in [-0.2, 0) is 10.8 Å². The summed E-state index contributed by atoms with van der Waals surface area (Å²) in [6.45, 7) is 20.8. The van der Waals surface area contributed by atoms with E-state index in [4.69, 9.17) is 14.7 Å². The molecule has 0 saturated heterocycles. The van der Waals surface area contributed by atoms with E-state index in [0.29, 0.717) is 11.8 Å². The average molecular weight is 672 g/mol. The van der Waals surface area contributed by atoms with Gasteiger partial charge in [0.1, 0.15) is 23.0 Å². The molecule has 6 nitrogen and oxygen atoms in total. The number of aryl methyl sites for hydroxylation is 1. The molecule has 0 fully saturated rings. The number of rotatable bonds is 5. The second kappa shape index (κ2) is 10.7. The van der Waals surface area contributed by atoms with E-state index >= 15 is 0 Å². The molecule has 0 radical (unpaired) electrons. The maximum absolute atomic E-state index is 6.71. The Morgan fingerprint density at radius 3 is 2.22 bits per heavy atom. The van der Waals surface area contributed by atoms with Crippen LogP contribution in [0.4, 0.5) is 5.69 Å². The number of hydrogen-bond acceptors (Lipinski definition) is 4. The lowest BCUT2D eigenvalue weighted by atomic mass is 9.58. The summed E-state index contributed by atoms with van der Waals surface area (Å²) in [5.41, 5.74) is 12.4. The molecule has 0 unspecified atom stereocenters. The van der Waals surface area contributed by atoms with Crippen LogP contribution in [0.5, 0.6) is 11.5 Å². The normalized spacial score (nSPS) is 15.8. The van der Waals surface area contributed by atoms with Crippen LogP contribution in [0.15, 0.2) is 85.3 Å². The van der Waals surface area contributed by atoms with Gasteiger partial charge in [0.25, 0.3) is 0 Å². The van der Waals surface area contributed by atoms with Crippen molar-refractivity contribution >= 4 is 45.5 Å². The Labute approximate surface area is 301 Å². The molecule has 0 aliphatic carbocycles. The highest BCUT2D eigenvalue weighted by Gasteiger charge is 2.46.